The summed E-state index contributed by atoms with van der Waals surface area (Å²) in [6.45, 7) is 0. The molecule has 0 aliphatic heterocycles. The van der Waals surface area contributed by atoms with Gasteiger partial charge < -0.3 is 5.73 Å². The maximum absolute atomic E-state index is 13.7. The van der Waals surface area contributed by atoms with Crippen LogP contribution in [-0.4, -0.2) is 0 Å². The predicted molar refractivity (Wildman–Crippen MR) is 59.9 cm³/mol. The summed E-state index contributed by atoms with van der Waals surface area (Å²) in [5.74, 6) is -0.795. The Morgan fingerprint density at radius 1 is 1.00 bits per heavy atom. The average molecular weight is 225 g/mol. The van der Waals surface area contributed by atoms with Crippen LogP contribution in [0.1, 0.15) is 44.1 Å². The Morgan fingerprint density at radius 2 is 1.62 bits per heavy atom. The first-order valence-electron chi connectivity index (χ1n) is 5.86. The third-order valence-electron chi connectivity index (χ3n) is 3.46. The third kappa shape index (κ3) is 2.24. The van der Waals surface area contributed by atoms with E-state index >= 15 is 0 Å². The van der Waals surface area contributed by atoms with Crippen LogP contribution in [0.4, 0.5) is 8.78 Å². The summed E-state index contributed by atoms with van der Waals surface area (Å²) in [6, 6.07) is 3.56. The summed E-state index contributed by atoms with van der Waals surface area (Å²) in [4.78, 5) is 0. The lowest BCUT2D eigenvalue weighted by molar-refractivity contribution is 0.366. The molecule has 0 amide bonds. The summed E-state index contributed by atoms with van der Waals surface area (Å²) < 4.78 is 26.8. The van der Waals surface area contributed by atoms with E-state index in [4.69, 9.17) is 5.73 Å². The van der Waals surface area contributed by atoms with Crippen molar-refractivity contribution in [3.05, 3.63) is 35.4 Å². The molecule has 1 nitrogen and oxygen atoms in total. The van der Waals surface area contributed by atoms with Crippen LogP contribution in [0.25, 0.3) is 0 Å². The van der Waals surface area contributed by atoms with Crippen molar-refractivity contribution in [2.45, 2.75) is 44.1 Å². The Balaban J connectivity index is 2.36. The average Bonchev–Trinajstić information content (AvgIpc) is 2.48. The van der Waals surface area contributed by atoms with Gasteiger partial charge in [-0.2, -0.15) is 0 Å². The molecule has 1 saturated carbocycles. The molecular weight excluding hydrogens is 208 g/mol. The van der Waals surface area contributed by atoms with Gasteiger partial charge in [0, 0.05) is 11.1 Å². The maximum Gasteiger partial charge on any atom is 0.128 e. The molecule has 16 heavy (non-hydrogen) atoms. The molecule has 0 bridgehead atoms. The van der Waals surface area contributed by atoms with E-state index in [1.165, 1.54) is 12.1 Å². The molecule has 0 saturated heterocycles. The Morgan fingerprint density at radius 3 is 2.25 bits per heavy atom. The van der Waals surface area contributed by atoms with E-state index in [2.05, 4.69) is 0 Å². The first kappa shape index (κ1) is 11.5. The van der Waals surface area contributed by atoms with Crippen molar-refractivity contribution in [3.8, 4) is 0 Å². The highest BCUT2D eigenvalue weighted by molar-refractivity contribution is 5.27. The number of hydrogen-bond acceptors (Lipinski definition) is 1. The molecule has 0 aromatic heterocycles. The molecule has 0 spiro atoms. The lowest BCUT2D eigenvalue weighted by Crippen LogP contribution is -2.37. The van der Waals surface area contributed by atoms with Crippen molar-refractivity contribution in [2.75, 3.05) is 0 Å². The van der Waals surface area contributed by atoms with Gasteiger partial charge in [0.05, 0.1) is 0 Å². The summed E-state index contributed by atoms with van der Waals surface area (Å²) >= 11 is 0. The van der Waals surface area contributed by atoms with Gasteiger partial charge in [0.25, 0.3) is 0 Å². The van der Waals surface area contributed by atoms with Crippen molar-refractivity contribution in [3.63, 3.8) is 0 Å². The zero-order valence-electron chi connectivity index (χ0n) is 9.31. The van der Waals surface area contributed by atoms with Crippen LogP contribution < -0.4 is 5.73 Å². The fraction of sp³-hybridized carbons (Fsp3) is 0.538. The van der Waals surface area contributed by atoms with Gasteiger partial charge in [0.2, 0.25) is 0 Å². The lowest BCUT2D eigenvalue weighted by atomic mass is 9.83. The van der Waals surface area contributed by atoms with Gasteiger partial charge >= 0.3 is 0 Å². The third-order valence-corrected chi connectivity index (χ3v) is 3.46. The van der Waals surface area contributed by atoms with Crippen molar-refractivity contribution in [1.29, 1.82) is 0 Å². The number of rotatable bonds is 1. The van der Waals surface area contributed by atoms with Gasteiger partial charge in [-0.05, 0) is 31.0 Å². The number of nitrogens with two attached hydrogens (primary N) is 1. The van der Waals surface area contributed by atoms with Crippen LogP contribution in [-0.2, 0) is 5.54 Å². The largest absolute Gasteiger partial charge is 0.321 e. The molecule has 0 unspecified atom stereocenters. The van der Waals surface area contributed by atoms with E-state index in [1.54, 1.807) is 0 Å². The van der Waals surface area contributed by atoms with Crippen molar-refractivity contribution < 1.29 is 8.78 Å². The molecule has 1 aliphatic carbocycles. The molecule has 0 heterocycles. The van der Waals surface area contributed by atoms with E-state index in [-0.39, 0.29) is 5.82 Å². The standard InChI is InChI=1S/C13H17F2N/c14-10-5-6-12(15)11(9-10)13(16)7-3-1-2-4-8-13/h5-6,9H,1-4,7-8,16H2. The molecule has 0 atom stereocenters. The molecule has 0 radical (unpaired) electrons. The maximum atomic E-state index is 13.7. The van der Waals surface area contributed by atoms with Gasteiger partial charge in [-0.15, -0.1) is 0 Å². The van der Waals surface area contributed by atoms with Crippen LogP contribution in [0.3, 0.4) is 0 Å². The van der Waals surface area contributed by atoms with Crippen LogP contribution in [0, 0.1) is 11.6 Å². The van der Waals surface area contributed by atoms with E-state index in [9.17, 15) is 8.78 Å². The first-order chi connectivity index (χ1) is 7.62. The molecule has 1 aromatic rings. The molecule has 1 fully saturated rings. The molecule has 2 rings (SSSR count). The van der Waals surface area contributed by atoms with Crippen LogP contribution in [0.15, 0.2) is 18.2 Å². The van der Waals surface area contributed by atoms with Gasteiger partial charge in [-0.3, -0.25) is 0 Å². The highest BCUT2D eigenvalue weighted by Crippen LogP contribution is 2.35. The molecule has 1 aliphatic rings. The number of halogens is 2. The second kappa shape index (κ2) is 4.50. The zero-order chi connectivity index (χ0) is 11.6. The van der Waals surface area contributed by atoms with Crippen LogP contribution in [0.2, 0.25) is 0 Å². The van der Waals surface area contributed by atoms with Crippen LogP contribution in [0.5, 0.6) is 0 Å². The van der Waals surface area contributed by atoms with Crippen molar-refractivity contribution >= 4 is 0 Å². The summed E-state index contributed by atoms with van der Waals surface area (Å²) in [5, 5.41) is 0. The molecular formula is C13H17F2N. The van der Waals surface area contributed by atoms with E-state index in [0.717, 1.165) is 44.6 Å². The normalized spacial score (nSPS) is 20.4. The minimum absolute atomic E-state index is 0.342. The predicted octanol–water partition coefficient (Wildman–Crippen LogP) is 3.47. The minimum atomic E-state index is -0.678. The van der Waals surface area contributed by atoms with Gasteiger partial charge in [-0.25, -0.2) is 8.78 Å². The SMILES string of the molecule is NC1(c2cc(F)ccc2F)CCCCCC1. The number of hydrogen-bond donors (Lipinski definition) is 1. The molecule has 1 aromatic carbocycles. The number of benzene rings is 1. The van der Waals surface area contributed by atoms with Gasteiger partial charge in [0.1, 0.15) is 11.6 Å². The van der Waals surface area contributed by atoms with Crippen LogP contribution >= 0.6 is 0 Å². The van der Waals surface area contributed by atoms with Crippen molar-refractivity contribution in [1.82, 2.24) is 0 Å². The fourth-order valence-electron chi connectivity index (χ4n) is 2.51. The highest BCUT2D eigenvalue weighted by Gasteiger charge is 2.31. The van der Waals surface area contributed by atoms with E-state index in [1.807, 2.05) is 0 Å². The second-order valence-corrected chi connectivity index (χ2v) is 4.69. The van der Waals surface area contributed by atoms with Gasteiger partial charge in [0.15, 0.2) is 0 Å². The summed E-state index contributed by atoms with van der Waals surface area (Å²) in [7, 11) is 0. The second-order valence-electron chi connectivity index (χ2n) is 4.69. The zero-order valence-corrected chi connectivity index (χ0v) is 9.31. The lowest BCUT2D eigenvalue weighted by Gasteiger charge is -2.29. The monoisotopic (exact) mass is 225 g/mol. The van der Waals surface area contributed by atoms with E-state index < -0.39 is 11.4 Å². The van der Waals surface area contributed by atoms with Gasteiger partial charge in [-0.1, -0.05) is 25.7 Å². The first-order valence-corrected chi connectivity index (χ1v) is 5.86. The molecule has 2 N–H and O–H groups in total. The highest BCUT2D eigenvalue weighted by atomic mass is 19.1. The summed E-state index contributed by atoms with van der Waals surface area (Å²) in [6.07, 6.45) is 5.74. The smallest absolute Gasteiger partial charge is 0.128 e. The molecule has 3 heteroatoms. The Hall–Kier alpha value is -0.960. The Bertz CT molecular complexity index is 368. The quantitative estimate of drug-likeness (QED) is 0.727. The van der Waals surface area contributed by atoms with E-state index in [0.29, 0.717) is 5.56 Å². The topological polar surface area (TPSA) is 26.0 Å². The fourth-order valence-corrected chi connectivity index (χ4v) is 2.51. The Kier molecular flexibility index (Phi) is 3.24. The summed E-state index contributed by atoms with van der Waals surface area (Å²) in [5.41, 5.74) is 5.91. The minimum Gasteiger partial charge on any atom is -0.321 e. The Labute approximate surface area is 94.7 Å². The molecule has 88 valence electrons. The van der Waals surface area contributed by atoms with Crippen molar-refractivity contribution in [2.24, 2.45) is 5.73 Å².